The van der Waals surface area contributed by atoms with Gasteiger partial charge in [0, 0.05) is 0 Å². The van der Waals surface area contributed by atoms with Crippen LogP contribution in [0, 0.1) is 5.92 Å². The number of nitrogens with one attached hydrogen (secondary N) is 1. The lowest BCUT2D eigenvalue weighted by Gasteiger charge is -2.28. The lowest BCUT2D eigenvalue weighted by Crippen LogP contribution is -2.49. The van der Waals surface area contributed by atoms with Gasteiger partial charge in [-0.1, -0.05) is 44.2 Å². The summed E-state index contributed by atoms with van der Waals surface area (Å²) >= 11 is 0. The second kappa shape index (κ2) is 14.4. The molecule has 0 spiro atoms. The van der Waals surface area contributed by atoms with E-state index in [2.05, 4.69) is 19.2 Å². The van der Waals surface area contributed by atoms with Crippen LogP contribution in [0.4, 0.5) is 4.79 Å². The maximum absolute atomic E-state index is 13.6. The third kappa shape index (κ3) is 8.53. The first-order valence-corrected chi connectivity index (χ1v) is 13.3. The number of amides is 1. The second-order valence-corrected chi connectivity index (χ2v) is 10.5. The molecule has 0 heterocycles. The number of unbranched alkanes of at least 4 members (excludes halogenated alkanes) is 1. The van der Waals surface area contributed by atoms with Crippen LogP contribution in [0.25, 0.3) is 0 Å². The van der Waals surface area contributed by atoms with Gasteiger partial charge in [0.2, 0.25) is 0 Å². The number of ether oxygens (including phenoxy) is 3. The van der Waals surface area contributed by atoms with Gasteiger partial charge >= 0.3 is 12.1 Å². The van der Waals surface area contributed by atoms with Crippen LogP contribution in [-0.4, -0.2) is 58.1 Å². The lowest BCUT2D eigenvalue weighted by atomic mass is 10.1. The highest BCUT2D eigenvalue weighted by Crippen LogP contribution is 2.25. The molecule has 10 heteroatoms. The summed E-state index contributed by atoms with van der Waals surface area (Å²) in [6.45, 7) is 5.60. The van der Waals surface area contributed by atoms with Crippen LogP contribution >= 0.6 is 0 Å². The third-order valence-corrected chi connectivity index (χ3v) is 7.18. The molecule has 1 amide bonds. The highest BCUT2D eigenvalue weighted by atomic mass is 32.2. The van der Waals surface area contributed by atoms with Crippen LogP contribution in [0.1, 0.15) is 38.7 Å². The normalized spacial score (nSPS) is 12.1. The van der Waals surface area contributed by atoms with Gasteiger partial charge in [-0.05, 0) is 68.1 Å². The van der Waals surface area contributed by atoms with Gasteiger partial charge in [0.15, 0.2) is 0 Å². The van der Waals surface area contributed by atoms with Gasteiger partial charge in [0.25, 0.3) is 10.0 Å². The van der Waals surface area contributed by atoms with Crippen molar-refractivity contribution in [3.8, 4) is 5.75 Å². The number of nitrogens with zero attached hydrogens (tertiary/aromatic N) is 1. The van der Waals surface area contributed by atoms with Gasteiger partial charge in [-0.3, -0.25) is 0 Å². The number of rotatable bonds is 14. The fourth-order valence-electron chi connectivity index (χ4n) is 3.48. The van der Waals surface area contributed by atoms with Gasteiger partial charge in [-0.25, -0.2) is 18.0 Å². The van der Waals surface area contributed by atoms with E-state index in [1.807, 2.05) is 6.07 Å². The van der Waals surface area contributed by atoms with Gasteiger partial charge < -0.3 is 19.5 Å². The van der Waals surface area contributed by atoms with E-state index in [1.54, 1.807) is 24.3 Å². The number of hydrogen-bond acceptors (Lipinski definition) is 8. The van der Waals surface area contributed by atoms with E-state index in [-0.39, 0.29) is 17.9 Å². The summed E-state index contributed by atoms with van der Waals surface area (Å²) in [6.07, 6.45) is 0.121. The summed E-state index contributed by atoms with van der Waals surface area (Å²) in [5.41, 5.74) is 0.679. The van der Waals surface area contributed by atoms with Crippen LogP contribution < -0.4 is 10.1 Å². The van der Waals surface area contributed by atoms with Crippen LogP contribution in [0.3, 0.4) is 0 Å². The van der Waals surface area contributed by atoms with Crippen molar-refractivity contribution in [2.75, 3.05) is 27.3 Å². The maximum atomic E-state index is 13.6. The molecular weight excluding hydrogens is 484 g/mol. The van der Waals surface area contributed by atoms with E-state index < -0.39 is 28.1 Å². The van der Waals surface area contributed by atoms with E-state index >= 15 is 0 Å². The van der Waals surface area contributed by atoms with E-state index in [9.17, 15) is 18.0 Å². The molecule has 1 atom stereocenters. The van der Waals surface area contributed by atoms with Gasteiger partial charge in [0.1, 0.15) is 18.4 Å². The fourth-order valence-corrected chi connectivity index (χ4v) is 4.96. The Balaban J connectivity index is 2.31. The predicted octanol–water partition coefficient (Wildman–Crippen LogP) is 3.98. The Labute approximate surface area is 213 Å². The average Bonchev–Trinajstić information content (AvgIpc) is 2.88. The summed E-state index contributed by atoms with van der Waals surface area (Å²) in [5, 5.41) is 3.31. The number of hydrogen-bond donors (Lipinski definition) is 1. The minimum absolute atomic E-state index is 0.0891. The number of sulfonamides is 1. The molecule has 0 radical (unpaired) electrons. The van der Waals surface area contributed by atoms with Crippen LogP contribution in [0.2, 0.25) is 0 Å². The molecule has 0 aliphatic carbocycles. The average molecular weight is 521 g/mol. The predicted molar refractivity (Wildman–Crippen MR) is 136 cm³/mol. The zero-order valence-electron chi connectivity index (χ0n) is 21.3. The van der Waals surface area contributed by atoms with E-state index in [1.165, 1.54) is 31.4 Å². The molecule has 0 fully saturated rings. The van der Waals surface area contributed by atoms with E-state index in [4.69, 9.17) is 14.2 Å². The van der Waals surface area contributed by atoms with E-state index in [0.29, 0.717) is 40.9 Å². The van der Waals surface area contributed by atoms with Crippen LogP contribution in [0.5, 0.6) is 5.75 Å². The minimum atomic E-state index is -4.46. The molecule has 36 heavy (non-hydrogen) atoms. The molecule has 0 saturated heterocycles. The largest absolute Gasteiger partial charge is 0.497 e. The van der Waals surface area contributed by atoms with Crippen molar-refractivity contribution in [1.82, 2.24) is 9.62 Å². The molecule has 0 unspecified atom stereocenters. The molecule has 2 aromatic carbocycles. The topological polar surface area (TPSA) is 111 Å². The fraction of sp³-hybridized carbons (Fsp3) is 0.462. The molecule has 0 aliphatic rings. The lowest BCUT2D eigenvalue weighted by molar-refractivity contribution is -0.145. The summed E-state index contributed by atoms with van der Waals surface area (Å²) in [6, 6.07) is 13.0. The first-order chi connectivity index (χ1) is 17.2. The Morgan fingerprint density at radius 2 is 1.64 bits per heavy atom. The highest BCUT2D eigenvalue weighted by Gasteiger charge is 2.41. The number of benzene rings is 2. The van der Waals surface area contributed by atoms with Crippen molar-refractivity contribution in [1.29, 1.82) is 0 Å². The Morgan fingerprint density at radius 3 is 2.22 bits per heavy atom. The number of carbonyl (C=O) groups excluding carboxylic acids is 2. The molecule has 9 nitrogen and oxygen atoms in total. The third-order valence-electron chi connectivity index (χ3n) is 5.39. The van der Waals surface area contributed by atoms with Crippen molar-refractivity contribution in [3.63, 3.8) is 0 Å². The van der Waals surface area contributed by atoms with Crippen LogP contribution in [0.15, 0.2) is 59.5 Å². The monoisotopic (exact) mass is 520 g/mol. The zero-order valence-corrected chi connectivity index (χ0v) is 22.1. The summed E-state index contributed by atoms with van der Waals surface area (Å²) in [5.74, 6) is 0.113. The van der Waals surface area contributed by atoms with Crippen molar-refractivity contribution in [2.24, 2.45) is 5.92 Å². The maximum Gasteiger partial charge on any atom is 0.425 e. The Hall–Kier alpha value is -3.11. The molecule has 198 valence electrons. The van der Waals surface area contributed by atoms with Crippen molar-refractivity contribution >= 4 is 22.1 Å². The number of methoxy groups -OCH3 is 2. The van der Waals surface area contributed by atoms with Gasteiger partial charge in [-0.15, -0.1) is 0 Å². The summed E-state index contributed by atoms with van der Waals surface area (Å²) in [4.78, 5) is 25.8. The molecule has 0 bridgehead atoms. The summed E-state index contributed by atoms with van der Waals surface area (Å²) in [7, 11) is -1.84. The minimum Gasteiger partial charge on any atom is -0.497 e. The Bertz CT molecular complexity index is 1060. The second-order valence-electron chi connectivity index (χ2n) is 8.65. The molecule has 1 N–H and O–H groups in total. The Morgan fingerprint density at radius 1 is 0.972 bits per heavy atom. The van der Waals surface area contributed by atoms with Gasteiger partial charge in [0.05, 0.1) is 19.1 Å². The first kappa shape index (κ1) is 29.1. The molecule has 0 saturated carbocycles. The van der Waals surface area contributed by atoms with Gasteiger partial charge in [-0.2, -0.15) is 4.31 Å². The highest BCUT2D eigenvalue weighted by molar-refractivity contribution is 7.89. The molecule has 2 aromatic rings. The quantitative estimate of drug-likeness (QED) is 0.294. The number of esters is 1. The Kier molecular flexibility index (Phi) is 11.7. The summed E-state index contributed by atoms with van der Waals surface area (Å²) < 4.78 is 43.1. The molecular formula is C26H36N2O7S. The molecule has 0 aliphatic heterocycles. The number of carbonyl (C=O) groups is 2. The molecule has 0 aromatic heterocycles. The van der Waals surface area contributed by atoms with Crippen molar-refractivity contribution in [2.45, 2.75) is 50.7 Å². The zero-order chi connectivity index (χ0) is 26.6. The van der Waals surface area contributed by atoms with E-state index in [0.717, 1.165) is 13.7 Å². The van der Waals surface area contributed by atoms with Crippen molar-refractivity contribution in [3.05, 3.63) is 60.2 Å². The first-order valence-electron chi connectivity index (χ1n) is 11.9. The van der Waals surface area contributed by atoms with Crippen LogP contribution in [-0.2, 0) is 30.9 Å². The SMILES string of the molecule is COC(=O)[C@H](CCCCNCC(C)C)N(C(=O)OCc1ccccc1)S(=O)(=O)c1ccc(OC)cc1. The smallest absolute Gasteiger partial charge is 0.425 e. The molecule has 2 rings (SSSR count). The standard InChI is InChI=1S/C26H36N2O7S/c1-20(2)18-27-17-9-8-12-24(25(29)34-4)28(26(30)35-19-21-10-6-5-7-11-21)36(31,32)23-15-13-22(33-3)14-16-23/h5-7,10-11,13-16,20,24,27H,8-9,12,17-19H2,1-4H3/t24-/m0/s1. The van der Waals surface area contributed by atoms with Crippen molar-refractivity contribution < 1.29 is 32.2 Å².